The van der Waals surface area contributed by atoms with Gasteiger partial charge in [0.05, 0.1) is 18.3 Å². The number of nitrogens with zero attached hydrogens (tertiary/aromatic N) is 3. The number of aromatic nitrogens is 4. The van der Waals surface area contributed by atoms with Gasteiger partial charge >= 0.3 is 0 Å². The average molecular weight is 321 g/mol. The van der Waals surface area contributed by atoms with Crippen molar-refractivity contribution in [3.8, 4) is 0 Å². The van der Waals surface area contributed by atoms with Crippen LogP contribution in [0.4, 0.5) is 0 Å². The van der Waals surface area contributed by atoms with Crippen molar-refractivity contribution in [1.82, 2.24) is 24.9 Å². The molecule has 0 aliphatic rings. The first-order valence-corrected chi connectivity index (χ1v) is 7.79. The Morgan fingerprint density at radius 1 is 1.52 bits per heavy atom. The summed E-state index contributed by atoms with van der Waals surface area (Å²) in [4.78, 5) is 32.6. The lowest BCUT2D eigenvalue weighted by Crippen LogP contribution is -2.42. The van der Waals surface area contributed by atoms with E-state index in [1.165, 1.54) is 10.8 Å². The van der Waals surface area contributed by atoms with Gasteiger partial charge in [0.15, 0.2) is 0 Å². The SMILES string of the molecule is CC[C@@H](C)[C@H](CO)NC(=O)CCc1c(C)nc2nc[nH]n2c1=O. The zero-order chi connectivity index (χ0) is 17.0. The third kappa shape index (κ3) is 3.76. The van der Waals surface area contributed by atoms with Gasteiger partial charge in [-0.15, -0.1) is 0 Å². The number of hydrogen-bond donors (Lipinski definition) is 3. The third-order valence-corrected chi connectivity index (χ3v) is 4.21. The maximum atomic E-state index is 12.3. The molecule has 23 heavy (non-hydrogen) atoms. The Kier molecular flexibility index (Phi) is 5.49. The highest BCUT2D eigenvalue weighted by Gasteiger charge is 2.18. The minimum Gasteiger partial charge on any atom is -0.394 e. The summed E-state index contributed by atoms with van der Waals surface area (Å²) in [5.74, 6) is 0.329. The molecule has 8 nitrogen and oxygen atoms in total. The molecule has 0 aliphatic heterocycles. The molecule has 0 unspecified atom stereocenters. The molecule has 2 heterocycles. The highest BCUT2D eigenvalue weighted by Crippen LogP contribution is 2.08. The van der Waals surface area contributed by atoms with E-state index in [0.717, 1.165) is 6.42 Å². The van der Waals surface area contributed by atoms with E-state index in [1.54, 1.807) is 6.92 Å². The summed E-state index contributed by atoms with van der Waals surface area (Å²) in [6.07, 6.45) is 2.74. The van der Waals surface area contributed by atoms with Crippen LogP contribution in [0.25, 0.3) is 5.78 Å². The number of aromatic amines is 1. The number of hydrogen-bond acceptors (Lipinski definition) is 5. The van der Waals surface area contributed by atoms with Crippen molar-refractivity contribution in [1.29, 1.82) is 0 Å². The first-order valence-electron chi connectivity index (χ1n) is 7.79. The number of aliphatic hydroxyl groups excluding tert-OH is 1. The van der Waals surface area contributed by atoms with Gasteiger partial charge in [-0.25, -0.2) is 9.97 Å². The largest absolute Gasteiger partial charge is 0.394 e. The molecule has 126 valence electrons. The third-order valence-electron chi connectivity index (χ3n) is 4.21. The fourth-order valence-corrected chi connectivity index (χ4v) is 2.45. The van der Waals surface area contributed by atoms with Gasteiger partial charge in [-0.1, -0.05) is 20.3 Å². The molecule has 0 saturated carbocycles. The minimum absolute atomic E-state index is 0.0932. The Morgan fingerprint density at radius 2 is 2.26 bits per heavy atom. The molecular weight excluding hydrogens is 298 g/mol. The fourth-order valence-electron chi connectivity index (χ4n) is 2.45. The molecule has 0 aliphatic carbocycles. The predicted octanol–water partition coefficient (Wildman–Crippen LogP) is 0.182. The van der Waals surface area contributed by atoms with E-state index in [-0.39, 0.29) is 36.5 Å². The number of carbonyl (C=O) groups is 1. The van der Waals surface area contributed by atoms with E-state index < -0.39 is 0 Å². The molecule has 2 atom stereocenters. The van der Waals surface area contributed by atoms with Gasteiger partial charge in [0, 0.05) is 12.0 Å². The summed E-state index contributed by atoms with van der Waals surface area (Å²) in [5.41, 5.74) is 0.833. The molecule has 0 spiro atoms. The van der Waals surface area contributed by atoms with Gasteiger partial charge < -0.3 is 10.4 Å². The summed E-state index contributed by atoms with van der Waals surface area (Å²) < 4.78 is 1.26. The monoisotopic (exact) mass is 321 g/mol. The fraction of sp³-hybridized carbons (Fsp3) is 0.600. The number of carbonyl (C=O) groups excluding carboxylic acids is 1. The average Bonchev–Trinajstić information content (AvgIpc) is 3.00. The molecule has 8 heteroatoms. The molecule has 0 radical (unpaired) electrons. The maximum Gasteiger partial charge on any atom is 0.277 e. The number of aliphatic hydroxyl groups is 1. The van der Waals surface area contributed by atoms with Crippen molar-refractivity contribution >= 4 is 11.7 Å². The molecule has 2 aromatic heterocycles. The van der Waals surface area contributed by atoms with Crippen LogP contribution >= 0.6 is 0 Å². The Labute approximate surface area is 133 Å². The van der Waals surface area contributed by atoms with Crippen LogP contribution in [-0.2, 0) is 11.2 Å². The predicted molar refractivity (Wildman–Crippen MR) is 85.1 cm³/mol. The number of fused-ring (bicyclic) bond motifs is 1. The van der Waals surface area contributed by atoms with Gasteiger partial charge in [-0.05, 0) is 19.3 Å². The number of nitrogens with one attached hydrogen (secondary N) is 2. The van der Waals surface area contributed by atoms with Gasteiger partial charge in [0.2, 0.25) is 5.91 Å². The molecule has 3 N–H and O–H groups in total. The van der Waals surface area contributed by atoms with E-state index in [9.17, 15) is 14.7 Å². The summed E-state index contributed by atoms with van der Waals surface area (Å²) in [5, 5.41) is 14.9. The molecule has 0 saturated heterocycles. The smallest absolute Gasteiger partial charge is 0.277 e. The van der Waals surface area contributed by atoms with Crippen molar-refractivity contribution in [3.63, 3.8) is 0 Å². The summed E-state index contributed by atoms with van der Waals surface area (Å²) in [6.45, 7) is 5.63. The summed E-state index contributed by atoms with van der Waals surface area (Å²) in [7, 11) is 0. The first-order chi connectivity index (χ1) is 11.0. The van der Waals surface area contributed by atoms with E-state index in [2.05, 4.69) is 20.4 Å². The van der Waals surface area contributed by atoms with Crippen molar-refractivity contribution < 1.29 is 9.90 Å². The second-order valence-corrected chi connectivity index (χ2v) is 5.75. The van der Waals surface area contributed by atoms with Crippen LogP contribution in [-0.4, -0.2) is 43.2 Å². The van der Waals surface area contributed by atoms with Crippen LogP contribution in [0.5, 0.6) is 0 Å². The highest BCUT2D eigenvalue weighted by atomic mass is 16.3. The second-order valence-electron chi connectivity index (χ2n) is 5.75. The summed E-state index contributed by atoms with van der Waals surface area (Å²) >= 11 is 0. The molecule has 2 aromatic rings. The second kappa shape index (κ2) is 7.36. The van der Waals surface area contributed by atoms with Gasteiger partial charge in [0.1, 0.15) is 6.33 Å². The molecule has 0 bridgehead atoms. The first kappa shape index (κ1) is 17.1. The zero-order valence-electron chi connectivity index (χ0n) is 13.7. The van der Waals surface area contributed by atoms with Crippen LogP contribution < -0.4 is 10.9 Å². The standard InChI is InChI=1S/C15H23N5O3/c1-4-9(2)12(7-21)19-13(22)6-5-11-10(3)18-15-16-8-17-20(15)14(11)23/h8-9,12,21H,4-7H2,1-3H3,(H,19,22)(H,16,17,18)/t9-,12+/m1/s1. The number of H-pyrrole nitrogens is 1. The molecule has 0 aromatic carbocycles. The lowest BCUT2D eigenvalue weighted by Gasteiger charge is -2.22. The Balaban J connectivity index is 2.06. The quantitative estimate of drug-likeness (QED) is 0.673. The van der Waals surface area contributed by atoms with Crippen molar-refractivity contribution in [3.05, 3.63) is 27.9 Å². The number of rotatable bonds is 7. The van der Waals surface area contributed by atoms with E-state index in [1.807, 2.05) is 13.8 Å². The summed E-state index contributed by atoms with van der Waals surface area (Å²) in [6, 6.07) is -0.261. The highest BCUT2D eigenvalue weighted by molar-refractivity contribution is 5.76. The van der Waals surface area contributed by atoms with E-state index >= 15 is 0 Å². The maximum absolute atomic E-state index is 12.3. The van der Waals surface area contributed by atoms with Crippen LogP contribution in [0.3, 0.4) is 0 Å². The topological polar surface area (TPSA) is 112 Å². The minimum atomic E-state index is -0.261. The Bertz CT molecular complexity index is 736. The Hall–Kier alpha value is -2.22. The van der Waals surface area contributed by atoms with Crippen LogP contribution in [0.2, 0.25) is 0 Å². The van der Waals surface area contributed by atoms with Crippen molar-refractivity contribution in [2.75, 3.05) is 6.61 Å². The van der Waals surface area contributed by atoms with Crippen molar-refractivity contribution in [2.45, 2.75) is 46.1 Å². The zero-order valence-corrected chi connectivity index (χ0v) is 13.7. The molecular formula is C15H23N5O3. The van der Waals surface area contributed by atoms with Gasteiger partial charge in [-0.2, -0.15) is 4.52 Å². The van der Waals surface area contributed by atoms with Crippen molar-refractivity contribution in [2.24, 2.45) is 5.92 Å². The normalized spacial score (nSPS) is 13.9. The Morgan fingerprint density at radius 3 is 2.91 bits per heavy atom. The van der Waals surface area contributed by atoms with Crippen LogP contribution in [0.1, 0.15) is 37.9 Å². The molecule has 0 fully saturated rings. The number of aryl methyl sites for hydroxylation is 1. The number of amides is 1. The molecule has 1 amide bonds. The molecule has 2 rings (SSSR count). The lowest BCUT2D eigenvalue weighted by atomic mass is 9.99. The van der Waals surface area contributed by atoms with Gasteiger partial charge in [-0.3, -0.25) is 14.7 Å². The van der Waals surface area contributed by atoms with Crippen LogP contribution in [0, 0.1) is 12.8 Å². The lowest BCUT2D eigenvalue weighted by molar-refractivity contribution is -0.122. The van der Waals surface area contributed by atoms with E-state index in [4.69, 9.17) is 0 Å². The van der Waals surface area contributed by atoms with E-state index in [0.29, 0.717) is 23.5 Å². The van der Waals surface area contributed by atoms with Gasteiger partial charge in [0.25, 0.3) is 11.3 Å². The van der Waals surface area contributed by atoms with Crippen LogP contribution in [0.15, 0.2) is 11.1 Å².